The maximum Gasteiger partial charge on any atom is 0.343 e. The fourth-order valence-corrected chi connectivity index (χ4v) is 4.49. The van der Waals surface area contributed by atoms with E-state index in [1.54, 1.807) is 42.5 Å². The molecule has 1 aliphatic rings. The Labute approximate surface area is 201 Å². The zero-order valence-corrected chi connectivity index (χ0v) is 19.8. The number of anilines is 1. The van der Waals surface area contributed by atoms with Crippen molar-refractivity contribution in [3.8, 4) is 11.5 Å². The number of ether oxygens (including phenoxy) is 2. The highest BCUT2D eigenvalue weighted by Crippen LogP contribution is 2.36. The van der Waals surface area contributed by atoms with Gasteiger partial charge in [0.25, 0.3) is 0 Å². The van der Waals surface area contributed by atoms with E-state index in [4.69, 9.17) is 9.47 Å². The smallest absolute Gasteiger partial charge is 0.343 e. The summed E-state index contributed by atoms with van der Waals surface area (Å²) in [5.74, 6) is 1.54. The Bertz CT molecular complexity index is 1130. The van der Waals surface area contributed by atoms with Crippen molar-refractivity contribution in [2.75, 3.05) is 12.4 Å². The van der Waals surface area contributed by atoms with Crippen LogP contribution in [0.1, 0.15) is 60.0 Å². The van der Waals surface area contributed by atoms with Crippen LogP contribution in [0.4, 0.5) is 5.69 Å². The molecule has 0 heterocycles. The molecule has 1 amide bonds. The van der Waals surface area contributed by atoms with Crippen molar-refractivity contribution in [1.82, 2.24) is 0 Å². The number of nitrogens with one attached hydrogen (secondary N) is 1. The van der Waals surface area contributed by atoms with E-state index in [-0.39, 0.29) is 12.3 Å². The molecule has 3 aromatic rings. The molecule has 5 nitrogen and oxygen atoms in total. The number of hydrogen-bond acceptors (Lipinski definition) is 4. The minimum absolute atomic E-state index is 0.106. The third-order valence-electron chi connectivity index (χ3n) is 6.46. The Kier molecular flexibility index (Phi) is 7.63. The second-order valence-corrected chi connectivity index (χ2v) is 9.05. The number of benzene rings is 3. The number of hydrogen-bond donors (Lipinski definition) is 1. The van der Waals surface area contributed by atoms with Crippen molar-refractivity contribution in [1.29, 1.82) is 0 Å². The number of methoxy groups -OCH3 is 1. The molecule has 176 valence electrons. The van der Waals surface area contributed by atoms with E-state index < -0.39 is 5.97 Å². The van der Waals surface area contributed by atoms with Gasteiger partial charge in [-0.1, -0.05) is 56.2 Å². The highest BCUT2D eigenvalue weighted by atomic mass is 16.6. The summed E-state index contributed by atoms with van der Waals surface area (Å²) in [5, 5.41) is 3.02. The highest BCUT2D eigenvalue weighted by molar-refractivity contribution is 5.93. The average molecular weight is 458 g/mol. The first-order valence-corrected chi connectivity index (χ1v) is 11.9. The SMILES string of the molecule is COc1cc(CC(=O)Nc2cccc(C3CCC(C)CC3)c2)ccc1OC(=O)c1ccccc1. The Morgan fingerprint density at radius 3 is 2.38 bits per heavy atom. The standard InChI is InChI=1S/C29H31NO4/c1-20-11-14-22(15-12-20)24-9-6-10-25(19-24)30-28(31)18-21-13-16-26(27(17-21)33-2)34-29(32)23-7-4-3-5-8-23/h3-10,13,16-17,19-20,22H,11-12,14-15,18H2,1-2H3,(H,30,31). The Hall–Kier alpha value is -3.60. The summed E-state index contributed by atoms with van der Waals surface area (Å²) in [6.07, 6.45) is 5.13. The molecule has 0 saturated heterocycles. The lowest BCUT2D eigenvalue weighted by molar-refractivity contribution is -0.115. The zero-order valence-electron chi connectivity index (χ0n) is 19.8. The molecule has 5 heteroatoms. The summed E-state index contributed by atoms with van der Waals surface area (Å²) in [6, 6.07) is 22.2. The van der Waals surface area contributed by atoms with Gasteiger partial charge in [0.2, 0.25) is 5.91 Å². The van der Waals surface area contributed by atoms with Crippen molar-refractivity contribution >= 4 is 17.6 Å². The topological polar surface area (TPSA) is 64.6 Å². The van der Waals surface area contributed by atoms with Crippen molar-refractivity contribution in [3.05, 3.63) is 89.5 Å². The summed E-state index contributed by atoms with van der Waals surface area (Å²) < 4.78 is 10.9. The van der Waals surface area contributed by atoms with E-state index in [2.05, 4.69) is 24.4 Å². The van der Waals surface area contributed by atoms with E-state index in [1.807, 2.05) is 18.2 Å². The zero-order chi connectivity index (χ0) is 23.9. The Morgan fingerprint density at radius 1 is 0.882 bits per heavy atom. The molecule has 4 rings (SSSR count). The molecule has 0 aliphatic heterocycles. The van der Waals surface area contributed by atoms with Crippen LogP contribution in [0.2, 0.25) is 0 Å². The number of rotatable bonds is 7. The van der Waals surface area contributed by atoms with Gasteiger partial charge in [-0.3, -0.25) is 4.79 Å². The van der Waals surface area contributed by atoms with E-state index in [9.17, 15) is 9.59 Å². The molecule has 34 heavy (non-hydrogen) atoms. The van der Waals surface area contributed by atoms with Crippen LogP contribution in [-0.4, -0.2) is 19.0 Å². The molecule has 0 unspecified atom stereocenters. The van der Waals surface area contributed by atoms with Crippen LogP contribution >= 0.6 is 0 Å². The van der Waals surface area contributed by atoms with Crippen LogP contribution in [0, 0.1) is 5.92 Å². The summed E-state index contributed by atoms with van der Waals surface area (Å²) >= 11 is 0. The van der Waals surface area contributed by atoms with Gasteiger partial charge in [0.1, 0.15) is 0 Å². The molecule has 1 N–H and O–H groups in total. The lowest BCUT2D eigenvalue weighted by Crippen LogP contribution is -2.15. The number of esters is 1. The van der Waals surface area contributed by atoms with Crippen molar-refractivity contribution in [2.45, 2.75) is 44.9 Å². The Morgan fingerprint density at radius 2 is 1.65 bits per heavy atom. The lowest BCUT2D eigenvalue weighted by atomic mass is 9.79. The van der Waals surface area contributed by atoms with E-state index >= 15 is 0 Å². The van der Waals surface area contributed by atoms with Crippen LogP contribution in [0.15, 0.2) is 72.8 Å². The van der Waals surface area contributed by atoms with Gasteiger partial charge in [0, 0.05) is 5.69 Å². The summed E-state index contributed by atoms with van der Waals surface area (Å²) in [4.78, 5) is 25.1. The van der Waals surface area contributed by atoms with Crippen molar-refractivity contribution in [3.63, 3.8) is 0 Å². The summed E-state index contributed by atoms with van der Waals surface area (Å²) in [5.41, 5.74) is 3.35. The minimum atomic E-state index is -0.461. The fourth-order valence-electron chi connectivity index (χ4n) is 4.49. The van der Waals surface area contributed by atoms with Gasteiger partial charge in [0.15, 0.2) is 11.5 Å². The van der Waals surface area contributed by atoms with Crippen LogP contribution in [0.25, 0.3) is 0 Å². The number of carbonyl (C=O) groups is 2. The van der Waals surface area contributed by atoms with E-state index in [1.165, 1.54) is 38.4 Å². The maximum atomic E-state index is 12.7. The van der Waals surface area contributed by atoms with Gasteiger partial charge in [0.05, 0.1) is 19.1 Å². The molecule has 1 aliphatic carbocycles. The quantitative estimate of drug-likeness (QED) is 0.330. The minimum Gasteiger partial charge on any atom is -0.493 e. The monoisotopic (exact) mass is 457 g/mol. The first-order chi connectivity index (χ1) is 16.5. The lowest BCUT2D eigenvalue weighted by Gasteiger charge is -2.26. The molecular formula is C29H31NO4. The van der Waals surface area contributed by atoms with Crippen LogP contribution in [-0.2, 0) is 11.2 Å². The highest BCUT2D eigenvalue weighted by Gasteiger charge is 2.20. The third-order valence-corrected chi connectivity index (χ3v) is 6.46. The second-order valence-electron chi connectivity index (χ2n) is 9.05. The average Bonchev–Trinajstić information content (AvgIpc) is 2.86. The van der Waals surface area contributed by atoms with Crippen LogP contribution in [0.3, 0.4) is 0 Å². The molecule has 1 fully saturated rings. The normalized spacial score (nSPS) is 17.6. The van der Waals surface area contributed by atoms with Crippen molar-refractivity contribution < 1.29 is 19.1 Å². The van der Waals surface area contributed by atoms with E-state index in [0.29, 0.717) is 23.0 Å². The van der Waals surface area contributed by atoms with E-state index in [0.717, 1.165) is 17.2 Å². The first-order valence-electron chi connectivity index (χ1n) is 11.9. The second kappa shape index (κ2) is 11.0. The van der Waals surface area contributed by atoms with Gasteiger partial charge in [-0.15, -0.1) is 0 Å². The fraction of sp³-hybridized carbons (Fsp3) is 0.310. The molecule has 0 atom stereocenters. The van der Waals surface area contributed by atoms with Crippen LogP contribution in [0.5, 0.6) is 11.5 Å². The Balaban J connectivity index is 1.38. The number of carbonyl (C=O) groups excluding carboxylic acids is 2. The predicted molar refractivity (Wildman–Crippen MR) is 134 cm³/mol. The molecule has 1 saturated carbocycles. The van der Waals surface area contributed by atoms with Crippen molar-refractivity contribution in [2.24, 2.45) is 5.92 Å². The third kappa shape index (κ3) is 6.04. The van der Waals surface area contributed by atoms with Crippen LogP contribution < -0.4 is 14.8 Å². The molecule has 0 aromatic heterocycles. The van der Waals surface area contributed by atoms with Gasteiger partial charge in [-0.25, -0.2) is 4.79 Å². The molecular weight excluding hydrogens is 426 g/mol. The molecule has 0 spiro atoms. The largest absolute Gasteiger partial charge is 0.493 e. The molecule has 0 radical (unpaired) electrons. The van der Waals surface area contributed by atoms with Gasteiger partial charge >= 0.3 is 5.97 Å². The van der Waals surface area contributed by atoms with Gasteiger partial charge in [-0.2, -0.15) is 0 Å². The number of amides is 1. The van der Waals surface area contributed by atoms with Gasteiger partial charge < -0.3 is 14.8 Å². The predicted octanol–water partition coefficient (Wildman–Crippen LogP) is 6.39. The van der Waals surface area contributed by atoms with Gasteiger partial charge in [-0.05, 0) is 72.2 Å². The molecule has 0 bridgehead atoms. The molecule has 3 aromatic carbocycles. The summed E-state index contributed by atoms with van der Waals surface area (Å²) in [6.45, 7) is 2.32. The summed E-state index contributed by atoms with van der Waals surface area (Å²) in [7, 11) is 1.51. The maximum absolute atomic E-state index is 12.7. The first kappa shape index (κ1) is 23.6.